The smallest absolute Gasteiger partial charge is 0.410 e. The minimum atomic E-state index is -0.880. The molecular formula is C106H125Cl2F2N17O9Pd. The third-order valence-corrected chi connectivity index (χ3v) is 27.3. The second-order valence-corrected chi connectivity index (χ2v) is 36.7. The molecular weight excluding hydrogens is 1870 g/mol. The van der Waals surface area contributed by atoms with E-state index in [2.05, 4.69) is 178 Å². The molecule has 8 aliphatic rings. The number of fused-ring (bicyclic) bond motifs is 6. The maximum absolute atomic E-state index is 14.0. The van der Waals surface area contributed by atoms with Crippen LogP contribution in [-0.4, -0.2) is 216 Å². The first-order valence-electron chi connectivity index (χ1n) is 46.6. The van der Waals surface area contributed by atoms with Crippen molar-refractivity contribution in [1.82, 2.24) is 54.4 Å². The van der Waals surface area contributed by atoms with E-state index < -0.39 is 23.5 Å². The van der Waals surface area contributed by atoms with E-state index >= 15 is 0 Å². The predicted octanol–water partition coefficient (Wildman–Crippen LogP) is 20.1. The SMILES string of the molecule is C.C=C(F)C(C)=O.CN1CCC[C@H]1COc1nc(N)c2c(n1)CC(c1cccc3cccc(Cl)c13)OC2.[C-]#[N+]C[C@@H](C)CCC.[C-]#[N+]C[C@H]1CN(c2nc(OC[C@@H]3CCCN3C)nc3c2COC(c2cccc4cccc(C)c24)C3)CCN1C(=O)OCc1ccccc1.[C-]#[N+]C[C@H]1CN(c2nc(OC[C@@H]3CCCN3C)nc3c2COC(c2cccc4cccc(Cl)c24)C3)CCN1C(=C)C(=C)F.[Pd]. The summed E-state index contributed by atoms with van der Waals surface area (Å²) in [6.45, 7) is 49.4. The fourth-order valence-electron chi connectivity index (χ4n) is 19.1. The molecule has 7 aromatic carbocycles. The Morgan fingerprint density at radius 2 is 0.927 bits per heavy atom. The number of nitrogen functional groups attached to an aromatic ring is 1. The maximum atomic E-state index is 14.0. The summed E-state index contributed by atoms with van der Waals surface area (Å²) in [6, 6.07) is 48.1. The number of carbonyl (C=O) groups excluding carboxylic acids is 2. The quantitative estimate of drug-likeness (QED) is 0.0256. The summed E-state index contributed by atoms with van der Waals surface area (Å²) < 4.78 is 68.8. The molecule has 0 bridgehead atoms. The number of anilines is 3. The Labute approximate surface area is 828 Å². The number of nitrogens with two attached hydrogens (primary N) is 1. The van der Waals surface area contributed by atoms with E-state index in [0.29, 0.717) is 158 Å². The summed E-state index contributed by atoms with van der Waals surface area (Å²) in [7, 11) is 6.38. The van der Waals surface area contributed by atoms with Gasteiger partial charge >= 0.3 is 24.1 Å². The number of halogens is 4. The second kappa shape index (κ2) is 49.8. The van der Waals surface area contributed by atoms with E-state index in [1.54, 1.807) is 4.90 Å². The molecule has 0 radical (unpaired) electrons. The molecule has 1 amide bonds. The molecule has 31 heteroatoms. The molecule has 726 valence electrons. The zero-order chi connectivity index (χ0) is 95.3. The van der Waals surface area contributed by atoms with Crippen LogP contribution in [0, 0.1) is 32.6 Å². The number of hydrogen-bond acceptors (Lipinski definition) is 22. The number of allylic oxidation sites excluding steroid dienone is 2. The van der Waals surface area contributed by atoms with Gasteiger partial charge in [0, 0.05) is 147 Å². The van der Waals surface area contributed by atoms with E-state index in [1.165, 1.54) is 35.6 Å². The van der Waals surface area contributed by atoms with Gasteiger partial charge in [0.05, 0.1) is 60.9 Å². The number of rotatable bonds is 24. The molecule has 3 unspecified atom stereocenters. The molecule has 9 atom stereocenters. The number of aryl methyl sites for hydroxylation is 1. The summed E-state index contributed by atoms with van der Waals surface area (Å²) in [6.07, 6.45) is 9.99. The Morgan fingerprint density at radius 3 is 1.34 bits per heavy atom. The number of nitrogens with zero attached hydrogens (tertiary/aromatic N) is 16. The topological polar surface area (TPSA) is 238 Å². The van der Waals surface area contributed by atoms with E-state index in [1.807, 2.05) is 71.6 Å². The largest absolute Gasteiger partial charge is 0.462 e. The average molecular weight is 2000 g/mol. The second-order valence-electron chi connectivity index (χ2n) is 35.8. The number of ketones is 1. The van der Waals surface area contributed by atoms with Crippen LogP contribution < -0.4 is 29.7 Å². The minimum absolute atomic E-state index is 0. The van der Waals surface area contributed by atoms with Crippen molar-refractivity contribution in [3.8, 4) is 18.0 Å². The first-order valence-corrected chi connectivity index (χ1v) is 47.4. The molecule has 2 N–H and O–H groups in total. The Hall–Kier alpha value is -11.3. The third-order valence-electron chi connectivity index (χ3n) is 26.6. The summed E-state index contributed by atoms with van der Waals surface area (Å²) in [4.78, 5) is 77.2. The molecule has 0 spiro atoms. The fourth-order valence-corrected chi connectivity index (χ4v) is 19.6. The van der Waals surface area contributed by atoms with Crippen LogP contribution in [0.4, 0.5) is 31.0 Å². The van der Waals surface area contributed by atoms with Gasteiger partial charge in [-0.05, 0) is 154 Å². The number of benzene rings is 7. The van der Waals surface area contributed by atoms with Gasteiger partial charge < -0.3 is 82.8 Å². The van der Waals surface area contributed by atoms with Crippen LogP contribution in [0.3, 0.4) is 0 Å². The first kappa shape index (κ1) is 105. The van der Waals surface area contributed by atoms with Crippen LogP contribution in [0.15, 0.2) is 177 Å². The molecule has 0 saturated carbocycles. The Morgan fingerprint density at radius 1 is 0.526 bits per heavy atom. The number of likely N-dealkylation sites (N-methyl/N-ethyl adjacent to an activating group) is 3. The summed E-state index contributed by atoms with van der Waals surface area (Å²) >= 11 is 13.2. The number of carbonyl (C=O) groups is 2. The minimum Gasteiger partial charge on any atom is -0.462 e. The van der Waals surface area contributed by atoms with Crippen molar-refractivity contribution in [2.45, 2.75) is 181 Å². The van der Waals surface area contributed by atoms with E-state index in [0.717, 1.165) is 153 Å². The van der Waals surface area contributed by atoms with Crippen molar-refractivity contribution >= 4 is 84.8 Å². The van der Waals surface area contributed by atoms with Crippen molar-refractivity contribution in [3.63, 3.8) is 0 Å². The van der Waals surface area contributed by atoms with Gasteiger partial charge in [-0.1, -0.05) is 198 Å². The molecule has 0 aliphatic carbocycles. The van der Waals surface area contributed by atoms with Gasteiger partial charge in [-0.25, -0.2) is 33.3 Å². The van der Waals surface area contributed by atoms with Crippen LogP contribution in [-0.2, 0) is 89.9 Å². The summed E-state index contributed by atoms with van der Waals surface area (Å²) in [5.74, 6) is 0.484. The van der Waals surface area contributed by atoms with Crippen molar-refractivity contribution in [2.24, 2.45) is 5.92 Å². The number of Topliss-reactive ketones (excluding diaryl/α,β-unsaturated/α-hetero) is 1. The Bertz CT molecular complexity index is 6000. The van der Waals surface area contributed by atoms with Gasteiger partial charge in [-0.15, -0.1) is 0 Å². The Kier molecular flexibility index (Phi) is 38.0. The monoisotopic (exact) mass is 1990 g/mol. The zero-order valence-corrected chi connectivity index (χ0v) is 81.6. The van der Waals surface area contributed by atoms with Crippen LogP contribution in [0.1, 0.15) is 159 Å². The standard InChI is InChI=1S/C38H42N6O4.C33H36ClFN6O2.C23H25ClN4O2.C7H13N.C4H5FO.CH4.Pd/c1-26-10-7-13-28-14-8-16-31(35(26)28)34-20-33-32(25-46-34)36(41-37(40-33)47-24-29-15-9-17-42(29)3)43-18-19-44(30(22-43)21-39-2)38(45)48-23-27-11-5-4-6-12-27;1-21(35)22(2)41-15-14-40(18-25(41)17-36-3)32-27-20-42-30(26-11-5-8-23-9-6-12-28(34)31(23)26)16-29(27)37-33(38-32)43-19-24-10-7-13-39(24)4;1-28-10-4-7-15(28)12-30-23-26-19-11-20(29-13-17(19)22(25)27-23)16-8-2-5-14-6-3-9-18(24)21(14)16;1-4-5-7(2)6-8-3;1-3(5)4(2)6;;/h4-8,10-14,16,29-30,34H,9,15,17-25H2,1,3H3;5-6,8-9,11-12,24-25,30H,1-2,7,10,13-20H2,4H3;2-3,5-6,8-9,15,20H,4,7,10-13H2,1H3,(H2,25,26,27);7H,4-6H2,1-2H3;1H2,2H3;1H4;/t29-,30-,34?;24-,25-,30?;15-,20?;7-;;;/m0000.../s1. The fraction of sp³-hybridized carbons (Fsp3) is 0.443. The molecule has 5 fully saturated rings. The molecule has 10 aromatic rings. The molecule has 3 aromatic heterocycles. The average Bonchev–Trinajstić information content (AvgIpc) is 1.70. The summed E-state index contributed by atoms with van der Waals surface area (Å²) in [5, 5.41) is 8.01. The van der Waals surface area contributed by atoms with Crippen LogP contribution in [0.25, 0.3) is 46.9 Å². The molecule has 18 rings (SSSR count). The summed E-state index contributed by atoms with van der Waals surface area (Å²) in [5.41, 5.74) is 17.2. The van der Waals surface area contributed by atoms with E-state index in [-0.39, 0.29) is 83.6 Å². The molecule has 137 heavy (non-hydrogen) atoms. The zero-order valence-electron chi connectivity index (χ0n) is 78.5. The van der Waals surface area contributed by atoms with Crippen LogP contribution in [0.5, 0.6) is 18.0 Å². The predicted molar refractivity (Wildman–Crippen MR) is 532 cm³/mol. The Balaban J connectivity index is 0.000000174. The van der Waals surface area contributed by atoms with Crippen molar-refractivity contribution in [2.75, 3.05) is 135 Å². The number of hydrogen-bond donors (Lipinski definition) is 1. The van der Waals surface area contributed by atoms with Gasteiger partial charge in [0.1, 0.15) is 61.8 Å². The van der Waals surface area contributed by atoms with Crippen molar-refractivity contribution < 1.29 is 72.0 Å². The normalized spacial score (nSPS) is 20.2. The molecule has 26 nitrogen and oxygen atoms in total. The number of aromatic nitrogens is 6. The van der Waals surface area contributed by atoms with E-state index in [9.17, 15) is 18.4 Å². The molecule has 11 heterocycles. The number of piperazine rings is 2. The maximum Gasteiger partial charge on any atom is 0.410 e. The van der Waals surface area contributed by atoms with E-state index in [4.69, 9.17) is 107 Å². The van der Waals surface area contributed by atoms with Crippen molar-refractivity contribution in [1.29, 1.82) is 0 Å². The first-order chi connectivity index (χ1) is 65.4. The van der Waals surface area contributed by atoms with Gasteiger partial charge in [0.15, 0.2) is 11.6 Å². The van der Waals surface area contributed by atoms with Crippen LogP contribution >= 0.6 is 23.2 Å². The van der Waals surface area contributed by atoms with Gasteiger partial charge in [0.2, 0.25) is 19.6 Å². The van der Waals surface area contributed by atoms with Gasteiger partial charge in [-0.2, -0.15) is 29.9 Å². The number of ether oxygens (including phenoxy) is 7. The number of likely N-dealkylation sites (tertiary alicyclic amines) is 3. The van der Waals surface area contributed by atoms with Gasteiger partial charge in [-0.3, -0.25) is 9.69 Å². The molecule has 5 saturated heterocycles. The molecule has 8 aliphatic heterocycles. The number of amides is 1. The van der Waals surface area contributed by atoms with Gasteiger partial charge in [0.25, 0.3) is 0 Å². The van der Waals surface area contributed by atoms with Crippen LogP contribution in [0.2, 0.25) is 10.0 Å². The van der Waals surface area contributed by atoms with Crippen molar-refractivity contribution in [3.05, 3.63) is 283 Å². The third kappa shape index (κ3) is 26.2.